The van der Waals surface area contributed by atoms with Gasteiger partial charge in [0.25, 0.3) is 0 Å². The number of carbonyl (C=O) groups is 1. The molecule has 1 unspecified atom stereocenters. The third kappa shape index (κ3) is 3.79. The smallest absolute Gasteiger partial charge is 0.409 e. The molecule has 4 rings (SSSR count). The standard InChI is InChI=1S/C22H24BrClN2O2/c1-2-28-22(27)26-10-7-14(8-11-26)20-17-6-5-16(24)12-15(17)13-19(23)18-4-3-9-25-21(18)20/h3-4,9,12-14,20H,2,5-8,10-11H2,1H3. The van der Waals surface area contributed by atoms with Crippen LogP contribution >= 0.6 is 27.5 Å². The zero-order chi connectivity index (χ0) is 19.7. The Morgan fingerprint density at radius 3 is 2.86 bits per heavy atom. The summed E-state index contributed by atoms with van der Waals surface area (Å²) < 4.78 is 6.23. The molecule has 6 heteroatoms. The molecule has 1 aromatic rings. The molecule has 0 bridgehead atoms. The summed E-state index contributed by atoms with van der Waals surface area (Å²) in [4.78, 5) is 18.7. The number of rotatable bonds is 2. The second-order valence-corrected chi connectivity index (χ2v) is 8.84. The van der Waals surface area contributed by atoms with Crippen molar-refractivity contribution in [2.24, 2.45) is 5.92 Å². The van der Waals surface area contributed by atoms with Crippen LogP contribution in [-0.2, 0) is 4.74 Å². The molecule has 2 heterocycles. The monoisotopic (exact) mass is 462 g/mol. The van der Waals surface area contributed by atoms with Crippen LogP contribution in [0.2, 0.25) is 0 Å². The van der Waals surface area contributed by atoms with Gasteiger partial charge in [-0.05, 0) is 62.3 Å². The van der Waals surface area contributed by atoms with E-state index in [4.69, 9.17) is 21.3 Å². The highest BCUT2D eigenvalue weighted by molar-refractivity contribution is 9.15. The number of fused-ring (bicyclic) bond motifs is 1. The van der Waals surface area contributed by atoms with Gasteiger partial charge >= 0.3 is 6.09 Å². The first-order valence-corrected chi connectivity index (χ1v) is 11.1. The Labute approximate surface area is 179 Å². The number of nitrogens with zero attached hydrogens (tertiary/aromatic N) is 2. The molecular weight excluding hydrogens is 440 g/mol. The molecule has 1 atom stereocenters. The van der Waals surface area contributed by atoms with Crippen molar-refractivity contribution in [2.45, 2.75) is 38.5 Å². The molecule has 0 N–H and O–H groups in total. The zero-order valence-electron chi connectivity index (χ0n) is 16.0. The average Bonchev–Trinajstić information content (AvgIpc) is 2.82. The van der Waals surface area contributed by atoms with Crippen LogP contribution in [0.3, 0.4) is 0 Å². The first kappa shape index (κ1) is 19.7. The van der Waals surface area contributed by atoms with Crippen molar-refractivity contribution in [3.05, 3.63) is 57.9 Å². The van der Waals surface area contributed by atoms with Gasteiger partial charge in [-0.15, -0.1) is 0 Å². The van der Waals surface area contributed by atoms with Gasteiger partial charge in [-0.3, -0.25) is 4.98 Å². The zero-order valence-corrected chi connectivity index (χ0v) is 18.3. The maximum absolute atomic E-state index is 12.1. The molecule has 2 aliphatic carbocycles. The number of halogens is 2. The van der Waals surface area contributed by atoms with E-state index in [9.17, 15) is 4.79 Å². The average molecular weight is 464 g/mol. The number of piperidine rings is 1. The van der Waals surface area contributed by atoms with Gasteiger partial charge in [-0.2, -0.15) is 0 Å². The van der Waals surface area contributed by atoms with E-state index in [2.05, 4.69) is 34.1 Å². The summed E-state index contributed by atoms with van der Waals surface area (Å²) in [6.07, 6.45) is 9.72. The highest BCUT2D eigenvalue weighted by Gasteiger charge is 2.36. The number of carbonyl (C=O) groups excluding carboxylic acids is 1. The van der Waals surface area contributed by atoms with E-state index in [-0.39, 0.29) is 12.0 Å². The number of amides is 1. The van der Waals surface area contributed by atoms with Crippen molar-refractivity contribution >= 4 is 38.1 Å². The van der Waals surface area contributed by atoms with Gasteiger partial charge in [0.05, 0.1) is 12.3 Å². The number of ether oxygens (including phenoxy) is 1. The van der Waals surface area contributed by atoms with Gasteiger partial charge in [-0.25, -0.2) is 4.79 Å². The normalized spacial score (nSPS) is 22.7. The van der Waals surface area contributed by atoms with Gasteiger partial charge in [0.2, 0.25) is 0 Å². The Bertz CT molecular complexity index is 869. The number of aromatic nitrogens is 1. The second-order valence-electron chi connectivity index (χ2n) is 7.50. The first-order chi connectivity index (χ1) is 13.6. The van der Waals surface area contributed by atoms with Crippen LogP contribution in [-0.4, -0.2) is 35.7 Å². The van der Waals surface area contributed by atoms with Crippen molar-refractivity contribution in [2.75, 3.05) is 19.7 Å². The summed E-state index contributed by atoms with van der Waals surface area (Å²) in [6.45, 7) is 3.73. The first-order valence-electron chi connectivity index (χ1n) is 9.91. The van der Waals surface area contributed by atoms with Gasteiger partial charge in [-0.1, -0.05) is 39.2 Å². The molecule has 148 valence electrons. The molecule has 28 heavy (non-hydrogen) atoms. The summed E-state index contributed by atoms with van der Waals surface area (Å²) in [5.74, 6) is 0.698. The van der Waals surface area contributed by atoms with E-state index in [1.165, 1.54) is 11.1 Å². The van der Waals surface area contributed by atoms with Crippen LogP contribution in [0.25, 0.3) is 4.48 Å². The Balaban J connectivity index is 1.68. The van der Waals surface area contributed by atoms with Gasteiger partial charge in [0.1, 0.15) is 0 Å². The molecule has 0 spiro atoms. The molecule has 1 saturated heterocycles. The molecule has 0 saturated carbocycles. The van der Waals surface area contributed by atoms with E-state index < -0.39 is 0 Å². The maximum atomic E-state index is 12.1. The van der Waals surface area contributed by atoms with Crippen LogP contribution in [0.1, 0.15) is 49.8 Å². The van der Waals surface area contributed by atoms with E-state index in [1.807, 2.05) is 24.1 Å². The fourth-order valence-electron chi connectivity index (χ4n) is 4.59. The van der Waals surface area contributed by atoms with Crippen LogP contribution in [0, 0.1) is 5.92 Å². The third-order valence-corrected chi connectivity index (χ3v) is 6.86. The highest BCUT2D eigenvalue weighted by atomic mass is 79.9. The van der Waals surface area contributed by atoms with Crippen LogP contribution in [0.4, 0.5) is 4.79 Å². The topological polar surface area (TPSA) is 42.4 Å². The van der Waals surface area contributed by atoms with E-state index in [0.29, 0.717) is 12.5 Å². The molecule has 1 fully saturated rings. The number of likely N-dealkylation sites (tertiary alicyclic amines) is 1. The minimum Gasteiger partial charge on any atom is -0.450 e. The predicted octanol–water partition coefficient (Wildman–Crippen LogP) is 6.00. The Morgan fingerprint density at radius 1 is 1.32 bits per heavy atom. The van der Waals surface area contributed by atoms with Crippen molar-refractivity contribution < 1.29 is 9.53 Å². The number of allylic oxidation sites excluding steroid dienone is 5. The minimum absolute atomic E-state index is 0.197. The molecule has 0 radical (unpaired) electrons. The summed E-state index contributed by atoms with van der Waals surface area (Å²) in [5.41, 5.74) is 4.92. The summed E-state index contributed by atoms with van der Waals surface area (Å²) >= 11 is 10.1. The Morgan fingerprint density at radius 2 is 2.11 bits per heavy atom. The van der Waals surface area contributed by atoms with Crippen molar-refractivity contribution in [1.82, 2.24) is 9.88 Å². The van der Waals surface area contributed by atoms with Gasteiger partial charge < -0.3 is 9.64 Å². The quantitative estimate of drug-likeness (QED) is 0.540. The SMILES string of the molecule is CCOC(=O)N1CCC(C2C3=C(C=C(Cl)CC3)C=C(Br)c3cccnc32)CC1. The molecular formula is C22H24BrClN2O2. The molecule has 3 aliphatic rings. The molecule has 1 aromatic heterocycles. The molecule has 1 amide bonds. The maximum Gasteiger partial charge on any atom is 0.409 e. The Hall–Kier alpha value is -1.59. The lowest BCUT2D eigenvalue weighted by atomic mass is 9.74. The van der Waals surface area contributed by atoms with Crippen molar-refractivity contribution in [3.63, 3.8) is 0 Å². The van der Waals surface area contributed by atoms with Gasteiger partial charge in [0.15, 0.2) is 0 Å². The largest absolute Gasteiger partial charge is 0.450 e. The second kappa shape index (κ2) is 8.42. The van der Waals surface area contributed by atoms with Crippen molar-refractivity contribution in [3.8, 4) is 0 Å². The van der Waals surface area contributed by atoms with Crippen molar-refractivity contribution in [1.29, 1.82) is 0 Å². The van der Waals surface area contributed by atoms with Crippen LogP contribution < -0.4 is 0 Å². The lowest BCUT2D eigenvalue weighted by Crippen LogP contribution is -2.40. The lowest BCUT2D eigenvalue weighted by Gasteiger charge is -2.37. The number of pyridine rings is 1. The Kier molecular flexibility index (Phi) is 5.93. The summed E-state index contributed by atoms with van der Waals surface area (Å²) in [5, 5.41) is 0.907. The van der Waals surface area contributed by atoms with Crippen LogP contribution in [0.15, 0.2) is 46.7 Å². The number of hydrogen-bond donors (Lipinski definition) is 0. The molecule has 1 aliphatic heterocycles. The predicted molar refractivity (Wildman–Crippen MR) is 115 cm³/mol. The fraction of sp³-hybridized carbons (Fsp3) is 0.455. The number of hydrogen-bond acceptors (Lipinski definition) is 3. The third-order valence-electron chi connectivity index (χ3n) is 5.90. The van der Waals surface area contributed by atoms with E-state index >= 15 is 0 Å². The molecule has 4 nitrogen and oxygen atoms in total. The summed E-state index contributed by atoms with van der Waals surface area (Å²) in [7, 11) is 0. The van der Waals surface area contributed by atoms with Crippen LogP contribution in [0.5, 0.6) is 0 Å². The highest BCUT2D eigenvalue weighted by Crippen LogP contribution is 2.48. The molecule has 0 aromatic carbocycles. The summed E-state index contributed by atoms with van der Waals surface area (Å²) in [6, 6.07) is 4.12. The van der Waals surface area contributed by atoms with E-state index in [0.717, 1.165) is 59.5 Å². The minimum atomic E-state index is -0.197. The van der Waals surface area contributed by atoms with Gasteiger partial charge in [0, 0.05) is 40.3 Å². The fourth-order valence-corrected chi connectivity index (χ4v) is 5.38. The van der Waals surface area contributed by atoms with E-state index in [1.54, 1.807) is 0 Å². The lowest BCUT2D eigenvalue weighted by molar-refractivity contribution is 0.0897.